The molecule has 2 rings (SSSR count). The summed E-state index contributed by atoms with van der Waals surface area (Å²) in [6.45, 7) is 3.68. The van der Waals surface area contributed by atoms with E-state index in [1.54, 1.807) is 26.0 Å². The Balaban J connectivity index is 2.23. The zero-order valence-corrected chi connectivity index (χ0v) is 12.1. The third kappa shape index (κ3) is 3.10. The van der Waals surface area contributed by atoms with Gasteiger partial charge in [0.05, 0.1) is 0 Å². The van der Waals surface area contributed by atoms with Crippen LogP contribution in [0, 0.1) is 5.82 Å². The maximum absolute atomic E-state index is 13.8. The van der Waals surface area contributed by atoms with E-state index in [4.69, 9.17) is 11.6 Å². The molecule has 20 heavy (non-hydrogen) atoms. The molecule has 1 saturated heterocycles. The van der Waals surface area contributed by atoms with Gasteiger partial charge in [-0.1, -0.05) is 17.7 Å². The highest BCUT2D eigenvalue weighted by atomic mass is 35.5. The van der Waals surface area contributed by atoms with Crippen molar-refractivity contribution in [3.8, 4) is 0 Å². The molecule has 0 radical (unpaired) electrons. The van der Waals surface area contributed by atoms with Crippen molar-refractivity contribution in [2.45, 2.75) is 32.4 Å². The predicted octanol–water partition coefficient (Wildman–Crippen LogP) is 2.11. The minimum absolute atomic E-state index is 0.125. The van der Waals surface area contributed by atoms with E-state index in [1.807, 2.05) is 0 Å². The molecule has 1 aliphatic heterocycles. The quantitative estimate of drug-likeness (QED) is 0.909. The van der Waals surface area contributed by atoms with Gasteiger partial charge in [0.2, 0.25) is 11.8 Å². The highest BCUT2D eigenvalue weighted by Gasteiger charge is 2.36. The predicted molar refractivity (Wildman–Crippen MR) is 73.7 cm³/mol. The summed E-state index contributed by atoms with van der Waals surface area (Å²) in [6, 6.07) is 4.35. The fourth-order valence-corrected chi connectivity index (χ4v) is 2.36. The standard InChI is InChI=1S/C14H16ClFN2O2/c1-14(2)13(20)18(6-5-12(19)17-14)8-9-3-4-10(15)7-11(9)16/h3-4,7H,5-6,8H2,1-2H3,(H,17,19). The van der Waals surface area contributed by atoms with E-state index < -0.39 is 11.4 Å². The Morgan fingerprint density at radius 2 is 2.10 bits per heavy atom. The fraction of sp³-hybridized carbons (Fsp3) is 0.429. The van der Waals surface area contributed by atoms with Crippen LogP contribution in [0.15, 0.2) is 18.2 Å². The molecule has 2 amide bonds. The lowest BCUT2D eigenvalue weighted by molar-refractivity contribution is -0.137. The van der Waals surface area contributed by atoms with Gasteiger partial charge in [0.25, 0.3) is 0 Å². The largest absolute Gasteiger partial charge is 0.342 e. The first-order chi connectivity index (χ1) is 9.29. The highest BCUT2D eigenvalue weighted by Crippen LogP contribution is 2.20. The van der Waals surface area contributed by atoms with Crippen LogP contribution in [0.2, 0.25) is 5.02 Å². The molecular formula is C14H16ClFN2O2. The molecule has 108 valence electrons. The Bertz CT molecular complexity index is 560. The van der Waals surface area contributed by atoms with Crippen LogP contribution in [0.25, 0.3) is 0 Å². The van der Waals surface area contributed by atoms with Crippen LogP contribution in [0.3, 0.4) is 0 Å². The van der Waals surface area contributed by atoms with Gasteiger partial charge in [-0.3, -0.25) is 9.59 Å². The Labute approximate surface area is 121 Å². The molecule has 0 saturated carbocycles. The van der Waals surface area contributed by atoms with Gasteiger partial charge in [-0.2, -0.15) is 0 Å². The van der Waals surface area contributed by atoms with Gasteiger partial charge < -0.3 is 10.2 Å². The van der Waals surface area contributed by atoms with Gasteiger partial charge in [-0.05, 0) is 26.0 Å². The number of nitrogens with one attached hydrogen (secondary N) is 1. The highest BCUT2D eigenvalue weighted by molar-refractivity contribution is 6.30. The molecule has 0 aliphatic carbocycles. The van der Waals surface area contributed by atoms with Gasteiger partial charge in [-0.25, -0.2) is 4.39 Å². The van der Waals surface area contributed by atoms with Gasteiger partial charge in [0.1, 0.15) is 11.4 Å². The first-order valence-electron chi connectivity index (χ1n) is 6.34. The van der Waals surface area contributed by atoms with Crippen LogP contribution in [-0.2, 0) is 16.1 Å². The monoisotopic (exact) mass is 298 g/mol. The molecule has 6 heteroatoms. The number of hydrogen-bond donors (Lipinski definition) is 1. The third-order valence-corrected chi connectivity index (χ3v) is 3.49. The van der Waals surface area contributed by atoms with E-state index >= 15 is 0 Å². The lowest BCUT2D eigenvalue weighted by Crippen LogP contribution is -2.52. The van der Waals surface area contributed by atoms with E-state index in [0.717, 1.165) is 0 Å². The molecule has 0 unspecified atom stereocenters. The summed E-state index contributed by atoms with van der Waals surface area (Å²) in [4.78, 5) is 25.4. The number of nitrogens with zero attached hydrogens (tertiary/aromatic N) is 1. The first-order valence-corrected chi connectivity index (χ1v) is 6.72. The van der Waals surface area contributed by atoms with E-state index in [9.17, 15) is 14.0 Å². The molecule has 1 aromatic carbocycles. The number of halogens is 2. The molecule has 0 atom stereocenters. The molecule has 0 spiro atoms. The zero-order chi connectivity index (χ0) is 14.9. The molecule has 1 fully saturated rings. The second-order valence-electron chi connectivity index (χ2n) is 5.39. The van der Waals surface area contributed by atoms with Gasteiger partial charge in [0.15, 0.2) is 0 Å². The molecule has 1 aromatic rings. The average molecular weight is 299 g/mol. The number of rotatable bonds is 2. The van der Waals surface area contributed by atoms with Crippen molar-refractivity contribution in [2.75, 3.05) is 6.54 Å². The van der Waals surface area contributed by atoms with Crippen LogP contribution < -0.4 is 5.32 Å². The number of benzene rings is 1. The maximum atomic E-state index is 13.8. The second kappa shape index (κ2) is 5.40. The Morgan fingerprint density at radius 3 is 2.75 bits per heavy atom. The number of carbonyl (C=O) groups excluding carboxylic acids is 2. The first kappa shape index (κ1) is 14.8. The van der Waals surface area contributed by atoms with Crippen LogP contribution >= 0.6 is 11.6 Å². The Morgan fingerprint density at radius 1 is 1.40 bits per heavy atom. The van der Waals surface area contributed by atoms with Gasteiger partial charge in [0, 0.05) is 30.1 Å². The summed E-state index contributed by atoms with van der Waals surface area (Å²) in [5, 5.41) is 2.97. The van der Waals surface area contributed by atoms with E-state index in [-0.39, 0.29) is 31.3 Å². The molecule has 0 aromatic heterocycles. The second-order valence-corrected chi connectivity index (χ2v) is 5.82. The van der Waals surface area contributed by atoms with Crippen LogP contribution in [0.4, 0.5) is 4.39 Å². The lowest BCUT2D eigenvalue weighted by atomic mass is 10.0. The third-order valence-electron chi connectivity index (χ3n) is 3.26. The minimum atomic E-state index is -0.976. The number of amides is 2. The normalized spacial score (nSPS) is 18.7. The van der Waals surface area contributed by atoms with Crippen molar-refractivity contribution < 1.29 is 14.0 Å². The zero-order valence-electron chi connectivity index (χ0n) is 11.4. The van der Waals surface area contributed by atoms with E-state index in [2.05, 4.69) is 5.32 Å². The number of hydrogen-bond acceptors (Lipinski definition) is 2. The molecule has 1 N–H and O–H groups in total. The van der Waals surface area contributed by atoms with E-state index in [1.165, 1.54) is 11.0 Å². The summed E-state index contributed by atoms with van der Waals surface area (Å²) in [5.74, 6) is -0.855. The molecule has 4 nitrogen and oxygen atoms in total. The van der Waals surface area contributed by atoms with Crippen LogP contribution in [0.5, 0.6) is 0 Å². The molecular weight excluding hydrogens is 283 g/mol. The smallest absolute Gasteiger partial charge is 0.248 e. The summed E-state index contributed by atoms with van der Waals surface area (Å²) in [5.41, 5.74) is -0.593. The van der Waals surface area contributed by atoms with Gasteiger partial charge >= 0.3 is 0 Å². The Kier molecular flexibility index (Phi) is 3.99. The van der Waals surface area contributed by atoms with Crippen LogP contribution in [0.1, 0.15) is 25.8 Å². The topological polar surface area (TPSA) is 49.4 Å². The molecule has 1 heterocycles. The molecule has 0 bridgehead atoms. The van der Waals surface area contributed by atoms with Crippen molar-refractivity contribution >= 4 is 23.4 Å². The van der Waals surface area contributed by atoms with Gasteiger partial charge in [-0.15, -0.1) is 0 Å². The van der Waals surface area contributed by atoms with Crippen molar-refractivity contribution in [1.29, 1.82) is 0 Å². The Hall–Kier alpha value is -1.62. The maximum Gasteiger partial charge on any atom is 0.248 e. The van der Waals surface area contributed by atoms with Crippen LogP contribution in [-0.4, -0.2) is 28.8 Å². The van der Waals surface area contributed by atoms with E-state index in [0.29, 0.717) is 10.6 Å². The summed E-state index contributed by atoms with van der Waals surface area (Å²) >= 11 is 5.70. The summed E-state index contributed by atoms with van der Waals surface area (Å²) in [6.07, 6.45) is 0.213. The summed E-state index contributed by atoms with van der Waals surface area (Å²) in [7, 11) is 0. The molecule has 1 aliphatic rings. The number of carbonyl (C=O) groups is 2. The lowest BCUT2D eigenvalue weighted by Gasteiger charge is -2.29. The van der Waals surface area contributed by atoms with Crippen molar-refractivity contribution in [3.63, 3.8) is 0 Å². The summed E-state index contributed by atoms with van der Waals surface area (Å²) < 4.78 is 13.8. The van der Waals surface area contributed by atoms with Crippen molar-refractivity contribution in [3.05, 3.63) is 34.6 Å². The average Bonchev–Trinajstić information content (AvgIpc) is 2.43. The fourth-order valence-electron chi connectivity index (χ4n) is 2.20. The minimum Gasteiger partial charge on any atom is -0.342 e. The van der Waals surface area contributed by atoms with Crippen molar-refractivity contribution in [1.82, 2.24) is 10.2 Å². The van der Waals surface area contributed by atoms with Crippen molar-refractivity contribution in [2.24, 2.45) is 0 Å². The SMILES string of the molecule is CC1(C)NC(=O)CCN(Cc2ccc(Cl)cc2F)C1=O.